The van der Waals surface area contributed by atoms with Gasteiger partial charge in [-0.25, -0.2) is 0 Å². The van der Waals surface area contributed by atoms with Gasteiger partial charge in [0, 0.05) is 44.8 Å². The standard InChI is InChI=1S/C16H28N6O2/c1-2-13(21-3-7-23-8-4-21)12-18-15-11-14(17)19-16(20-15)22-5-9-24-10-6-22/h11,13H,2-10,12H2,1H3,(H3,17,18,19,20)/t13-/m0/s1. The fourth-order valence-corrected chi connectivity index (χ4v) is 3.14. The monoisotopic (exact) mass is 336 g/mol. The molecule has 3 heterocycles. The molecule has 0 aliphatic carbocycles. The summed E-state index contributed by atoms with van der Waals surface area (Å²) >= 11 is 0. The summed E-state index contributed by atoms with van der Waals surface area (Å²) < 4.78 is 10.8. The summed E-state index contributed by atoms with van der Waals surface area (Å²) in [5.41, 5.74) is 5.97. The van der Waals surface area contributed by atoms with Gasteiger partial charge in [0.25, 0.3) is 0 Å². The molecule has 8 nitrogen and oxygen atoms in total. The predicted octanol–water partition coefficient (Wildman–Crippen LogP) is 0.418. The highest BCUT2D eigenvalue weighted by Gasteiger charge is 2.20. The molecule has 0 aromatic carbocycles. The van der Waals surface area contributed by atoms with Crippen molar-refractivity contribution in [2.75, 3.05) is 75.1 Å². The molecule has 3 N–H and O–H groups in total. The fraction of sp³-hybridized carbons (Fsp3) is 0.750. The Hall–Kier alpha value is -1.64. The highest BCUT2D eigenvalue weighted by Crippen LogP contribution is 2.17. The van der Waals surface area contributed by atoms with E-state index in [0.717, 1.165) is 58.2 Å². The molecule has 0 unspecified atom stereocenters. The number of nitrogen functional groups attached to an aromatic ring is 1. The first-order chi connectivity index (χ1) is 11.8. The zero-order valence-corrected chi connectivity index (χ0v) is 14.4. The Morgan fingerprint density at radius 2 is 1.79 bits per heavy atom. The number of anilines is 3. The number of nitrogens with two attached hydrogens (primary N) is 1. The van der Waals surface area contributed by atoms with E-state index in [1.807, 2.05) is 0 Å². The fourth-order valence-electron chi connectivity index (χ4n) is 3.14. The molecule has 0 spiro atoms. The number of aromatic nitrogens is 2. The second-order valence-electron chi connectivity index (χ2n) is 6.17. The van der Waals surface area contributed by atoms with Gasteiger partial charge in [-0.05, 0) is 6.42 Å². The van der Waals surface area contributed by atoms with Crippen LogP contribution < -0.4 is 16.0 Å². The summed E-state index contributed by atoms with van der Waals surface area (Å²) in [6.45, 7) is 9.69. The van der Waals surface area contributed by atoms with Crippen molar-refractivity contribution in [3.05, 3.63) is 6.07 Å². The van der Waals surface area contributed by atoms with Crippen LogP contribution in [0.3, 0.4) is 0 Å². The second-order valence-corrected chi connectivity index (χ2v) is 6.17. The largest absolute Gasteiger partial charge is 0.383 e. The lowest BCUT2D eigenvalue weighted by Gasteiger charge is -2.34. The summed E-state index contributed by atoms with van der Waals surface area (Å²) in [7, 11) is 0. The Balaban J connectivity index is 1.62. The Bertz CT molecular complexity index is 517. The molecule has 1 atom stereocenters. The van der Waals surface area contributed by atoms with Crippen LogP contribution in [0.2, 0.25) is 0 Å². The van der Waals surface area contributed by atoms with Gasteiger partial charge in [0.1, 0.15) is 11.6 Å². The van der Waals surface area contributed by atoms with E-state index in [9.17, 15) is 0 Å². The van der Waals surface area contributed by atoms with Crippen molar-refractivity contribution in [2.45, 2.75) is 19.4 Å². The maximum atomic E-state index is 5.97. The van der Waals surface area contributed by atoms with Crippen LogP contribution in [0.1, 0.15) is 13.3 Å². The first-order valence-corrected chi connectivity index (χ1v) is 8.79. The van der Waals surface area contributed by atoms with E-state index in [0.29, 0.717) is 31.0 Å². The van der Waals surface area contributed by atoms with Gasteiger partial charge in [-0.2, -0.15) is 9.97 Å². The third-order valence-corrected chi connectivity index (χ3v) is 4.58. The van der Waals surface area contributed by atoms with Crippen molar-refractivity contribution in [3.8, 4) is 0 Å². The maximum absolute atomic E-state index is 5.97. The van der Waals surface area contributed by atoms with E-state index in [4.69, 9.17) is 15.2 Å². The Labute approximate surface area is 143 Å². The van der Waals surface area contributed by atoms with Crippen LogP contribution in [0.5, 0.6) is 0 Å². The molecule has 2 saturated heterocycles. The van der Waals surface area contributed by atoms with Gasteiger partial charge in [0.15, 0.2) is 0 Å². The average molecular weight is 336 g/mol. The molecule has 2 aliphatic rings. The quantitative estimate of drug-likeness (QED) is 0.773. The molecule has 0 bridgehead atoms. The van der Waals surface area contributed by atoms with Gasteiger partial charge in [0.2, 0.25) is 5.95 Å². The molecule has 134 valence electrons. The van der Waals surface area contributed by atoms with Gasteiger partial charge >= 0.3 is 0 Å². The topological polar surface area (TPSA) is 88.8 Å². The minimum atomic E-state index is 0.469. The molecule has 2 fully saturated rings. The summed E-state index contributed by atoms with van der Waals surface area (Å²) in [4.78, 5) is 13.6. The lowest BCUT2D eigenvalue weighted by atomic mass is 10.1. The number of morpholine rings is 2. The Morgan fingerprint density at radius 1 is 1.12 bits per heavy atom. The molecule has 1 aromatic heterocycles. The highest BCUT2D eigenvalue weighted by atomic mass is 16.5. The highest BCUT2D eigenvalue weighted by molar-refractivity contribution is 5.51. The van der Waals surface area contributed by atoms with Crippen molar-refractivity contribution in [1.82, 2.24) is 14.9 Å². The molecular formula is C16H28N6O2. The van der Waals surface area contributed by atoms with Crippen LogP contribution in [0.15, 0.2) is 6.07 Å². The number of nitrogens with one attached hydrogen (secondary N) is 1. The van der Waals surface area contributed by atoms with Crippen molar-refractivity contribution < 1.29 is 9.47 Å². The molecule has 8 heteroatoms. The van der Waals surface area contributed by atoms with E-state index in [-0.39, 0.29) is 0 Å². The SMILES string of the molecule is CC[C@@H](CNc1cc(N)nc(N2CCOCC2)n1)N1CCOCC1. The summed E-state index contributed by atoms with van der Waals surface area (Å²) in [6, 6.07) is 2.27. The van der Waals surface area contributed by atoms with Crippen molar-refractivity contribution in [2.24, 2.45) is 0 Å². The van der Waals surface area contributed by atoms with Crippen LogP contribution in [-0.4, -0.2) is 80.1 Å². The Kier molecular flexibility index (Phi) is 6.06. The number of hydrogen-bond acceptors (Lipinski definition) is 8. The van der Waals surface area contributed by atoms with Crippen LogP contribution >= 0.6 is 0 Å². The van der Waals surface area contributed by atoms with Gasteiger partial charge in [-0.15, -0.1) is 0 Å². The minimum absolute atomic E-state index is 0.469. The zero-order valence-electron chi connectivity index (χ0n) is 14.4. The first kappa shape index (κ1) is 17.2. The third-order valence-electron chi connectivity index (χ3n) is 4.58. The molecular weight excluding hydrogens is 308 g/mol. The zero-order chi connectivity index (χ0) is 16.8. The van der Waals surface area contributed by atoms with Gasteiger partial charge < -0.3 is 25.4 Å². The van der Waals surface area contributed by atoms with E-state index < -0.39 is 0 Å². The lowest BCUT2D eigenvalue weighted by molar-refractivity contribution is 0.0184. The van der Waals surface area contributed by atoms with Crippen LogP contribution in [0.4, 0.5) is 17.6 Å². The van der Waals surface area contributed by atoms with E-state index in [1.54, 1.807) is 6.07 Å². The minimum Gasteiger partial charge on any atom is -0.383 e. The average Bonchev–Trinajstić information content (AvgIpc) is 2.63. The molecule has 1 aromatic rings. The lowest BCUT2D eigenvalue weighted by Crippen LogP contribution is -2.46. The van der Waals surface area contributed by atoms with E-state index in [2.05, 4.69) is 32.0 Å². The summed E-state index contributed by atoms with van der Waals surface area (Å²) in [6.07, 6.45) is 1.09. The summed E-state index contributed by atoms with van der Waals surface area (Å²) in [5, 5.41) is 3.44. The smallest absolute Gasteiger partial charge is 0.229 e. The first-order valence-electron chi connectivity index (χ1n) is 8.79. The van der Waals surface area contributed by atoms with Crippen LogP contribution in [0, 0.1) is 0 Å². The van der Waals surface area contributed by atoms with E-state index in [1.165, 1.54) is 0 Å². The maximum Gasteiger partial charge on any atom is 0.229 e. The van der Waals surface area contributed by atoms with Crippen LogP contribution in [-0.2, 0) is 9.47 Å². The number of nitrogens with zero attached hydrogens (tertiary/aromatic N) is 4. The predicted molar refractivity (Wildman–Crippen MR) is 94.4 cm³/mol. The Morgan fingerprint density at radius 3 is 2.46 bits per heavy atom. The van der Waals surface area contributed by atoms with E-state index >= 15 is 0 Å². The van der Waals surface area contributed by atoms with Gasteiger partial charge in [-0.1, -0.05) is 6.92 Å². The third kappa shape index (κ3) is 4.46. The molecule has 0 saturated carbocycles. The van der Waals surface area contributed by atoms with Crippen molar-refractivity contribution in [1.29, 1.82) is 0 Å². The molecule has 3 rings (SSSR count). The van der Waals surface area contributed by atoms with Gasteiger partial charge in [0.05, 0.1) is 26.4 Å². The van der Waals surface area contributed by atoms with Crippen molar-refractivity contribution >= 4 is 17.6 Å². The van der Waals surface area contributed by atoms with Crippen molar-refractivity contribution in [3.63, 3.8) is 0 Å². The second kappa shape index (κ2) is 8.46. The molecule has 24 heavy (non-hydrogen) atoms. The summed E-state index contributed by atoms with van der Waals surface area (Å²) in [5.74, 6) is 1.96. The molecule has 0 amide bonds. The van der Waals surface area contributed by atoms with Crippen LogP contribution in [0.25, 0.3) is 0 Å². The number of rotatable bonds is 6. The van der Waals surface area contributed by atoms with Gasteiger partial charge in [-0.3, -0.25) is 4.90 Å². The molecule has 0 radical (unpaired) electrons. The molecule has 2 aliphatic heterocycles. The number of hydrogen-bond donors (Lipinski definition) is 2. The number of ether oxygens (including phenoxy) is 2. The normalized spacial score (nSPS) is 20.8.